The highest BCUT2D eigenvalue weighted by atomic mass is 16.6. The molecule has 0 saturated heterocycles. The van der Waals surface area contributed by atoms with Crippen molar-refractivity contribution >= 4 is 11.9 Å². The number of carboxylic acids is 1. The molecular formula is C15H19O4-. The van der Waals surface area contributed by atoms with Gasteiger partial charge in [0, 0.05) is 17.0 Å². The first-order valence-electron chi connectivity index (χ1n) is 6.94. The van der Waals surface area contributed by atoms with Crippen LogP contribution in [0.15, 0.2) is 12.2 Å². The van der Waals surface area contributed by atoms with Crippen molar-refractivity contribution in [1.29, 1.82) is 0 Å². The first-order chi connectivity index (χ1) is 8.84. The van der Waals surface area contributed by atoms with Gasteiger partial charge in [0.2, 0.25) is 0 Å². The second kappa shape index (κ2) is 3.84. The summed E-state index contributed by atoms with van der Waals surface area (Å²) in [7, 11) is 0. The maximum absolute atomic E-state index is 11.8. The molecule has 4 aliphatic rings. The lowest BCUT2D eigenvalue weighted by atomic mass is 9.48. The third kappa shape index (κ3) is 1.88. The number of hydrogen-bond donors (Lipinski definition) is 0. The summed E-state index contributed by atoms with van der Waals surface area (Å²) in [4.78, 5) is 23.4. The molecule has 104 valence electrons. The van der Waals surface area contributed by atoms with E-state index >= 15 is 0 Å². The zero-order valence-electron chi connectivity index (χ0n) is 11.2. The summed E-state index contributed by atoms with van der Waals surface area (Å²) >= 11 is 0. The van der Waals surface area contributed by atoms with E-state index in [4.69, 9.17) is 4.74 Å². The molecule has 4 saturated carbocycles. The number of rotatable bonds is 3. The van der Waals surface area contributed by atoms with Gasteiger partial charge in [-0.25, -0.2) is 4.79 Å². The molecule has 0 spiro atoms. The molecule has 0 radical (unpaired) electrons. The highest BCUT2D eigenvalue weighted by molar-refractivity contribution is 5.87. The minimum absolute atomic E-state index is 0.358. The van der Waals surface area contributed by atoms with Crippen LogP contribution < -0.4 is 5.11 Å². The van der Waals surface area contributed by atoms with Crippen LogP contribution in [0.2, 0.25) is 0 Å². The fourth-order valence-corrected chi connectivity index (χ4v) is 4.82. The number of carbonyl (C=O) groups excluding carboxylic acids is 2. The highest BCUT2D eigenvalue weighted by Crippen LogP contribution is 2.62. The van der Waals surface area contributed by atoms with Gasteiger partial charge in [0.05, 0.1) is 0 Å². The lowest BCUT2D eigenvalue weighted by molar-refractivity contribution is -0.331. The van der Waals surface area contributed by atoms with E-state index in [0.717, 1.165) is 19.3 Å². The van der Waals surface area contributed by atoms with Gasteiger partial charge in [-0.2, -0.15) is 0 Å². The van der Waals surface area contributed by atoms with Gasteiger partial charge >= 0.3 is 5.97 Å². The molecule has 0 aromatic rings. The van der Waals surface area contributed by atoms with Crippen molar-refractivity contribution in [3.05, 3.63) is 12.2 Å². The number of carboxylic acid groups (broad SMARTS) is 1. The molecule has 2 unspecified atom stereocenters. The van der Waals surface area contributed by atoms with Gasteiger partial charge in [0.25, 0.3) is 0 Å². The van der Waals surface area contributed by atoms with E-state index in [2.05, 4.69) is 6.58 Å². The zero-order valence-corrected chi connectivity index (χ0v) is 11.2. The predicted molar refractivity (Wildman–Crippen MR) is 65.8 cm³/mol. The molecule has 0 aromatic heterocycles. The van der Waals surface area contributed by atoms with Crippen LogP contribution in [0.3, 0.4) is 0 Å². The first kappa shape index (κ1) is 12.7. The molecule has 4 aliphatic carbocycles. The Bertz CT molecular complexity index is 451. The Morgan fingerprint density at radius 1 is 1.21 bits per heavy atom. The molecule has 4 heteroatoms. The minimum atomic E-state index is -0.961. The van der Waals surface area contributed by atoms with Gasteiger partial charge in [-0.15, -0.1) is 0 Å². The van der Waals surface area contributed by atoms with E-state index in [1.165, 1.54) is 0 Å². The number of hydrogen-bond acceptors (Lipinski definition) is 4. The molecule has 19 heavy (non-hydrogen) atoms. The summed E-state index contributed by atoms with van der Waals surface area (Å²) in [6, 6.07) is 0. The van der Waals surface area contributed by atoms with Gasteiger partial charge in [0.1, 0.15) is 5.60 Å². The van der Waals surface area contributed by atoms with Crippen LogP contribution in [0.1, 0.15) is 45.4 Å². The quantitative estimate of drug-likeness (QED) is 0.566. The SMILES string of the molecule is C=C(C)C(=O)OC12CC3CC(C1)CC(C(=O)[O-])(C3)C2. The topological polar surface area (TPSA) is 66.4 Å². The van der Waals surface area contributed by atoms with Crippen molar-refractivity contribution in [3.8, 4) is 0 Å². The molecular weight excluding hydrogens is 244 g/mol. The third-order valence-corrected chi connectivity index (χ3v) is 5.10. The summed E-state index contributed by atoms with van der Waals surface area (Å²) in [5.74, 6) is -0.637. The smallest absolute Gasteiger partial charge is 0.333 e. The van der Waals surface area contributed by atoms with E-state index in [1.807, 2.05) is 0 Å². The fourth-order valence-electron chi connectivity index (χ4n) is 4.82. The van der Waals surface area contributed by atoms with Crippen LogP contribution in [0.4, 0.5) is 0 Å². The first-order valence-corrected chi connectivity index (χ1v) is 6.94. The highest BCUT2D eigenvalue weighted by Gasteiger charge is 2.60. The van der Waals surface area contributed by atoms with Crippen molar-refractivity contribution < 1.29 is 19.4 Å². The van der Waals surface area contributed by atoms with Gasteiger partial charge < -0.3 is 14.6 Å². The summed E-state index contributed by atoms with van der Waals surface area (Å²) in [6.07, 6.45) is 4.49. The van der Waals surface area contributed by atoms with Crippen LogP contribution in [-0.2, 0) is 14.3 Å². The summed E-state index contributed by atoms with van der Waals surface area (Å²) < 4.78 is 5.66. The lowest BCUT2D eigenvalue weighted by Gasteiger charge is -2.61. The molecule has 0 N–H and O–H groups in total. The van der Waals surface area contributed by atoms with E-state index in [9.17, 15) is 14.7 Å². The largest absolute Gasteiger partial charge is 0.550 e. The minimum Gasteiger partial charge on any atom is -0.550 e. The van der Waals surface area contributed by atoms with Crippen LogP contribution in [0.5, 0.6) is 0 Å². The number of esters is 1. The molecule has 0 heterocycles. The maximum Gasteiger partial charge on any atom is 0.333 e. The Kier molecular flexibility index (Phi) is 2.57. The number of aliphatic carboxylic acids is 1. The molecule has 2 atom stereocenters. The molecule has 4 rings (SSSR count). The van der Waals surface area contributed by atoms with E-state index in [-0.39, 0.29) is 0 Å². The second-order valence-electron chi connectivity index (χ2n) is 6.88. The standard InChI is InChI=1S/C15H20O4/c1-9(2)12(16)19-15-6-10-3-11(7-15)5-14(4-10,8-15)13(17)18/h10-11H,1,3-8H2,2H3,(H,17,18)/p-1. The van der Waals surface area contributed by atoms with Gasteiger partial charge in [-0.3, -0.25) is 0 Å². The average molecular weight is 263 g/mol. The van der Waals surface area contributed by atoms with Gasteiger partial charge in [-0.1, -0.05) is 6.58 Å². The molecule has 0 amide bonds. The molecule has 4 bridgehead atoms. The molecule has 4 nitrogen and oxygen atoms in total. The van der Waals surface area contributed by atoms with Crippen molar-refractivity contribution in [1.82, 2.24) is 0 Å². The van der Waals surface area contributed by atoms with Crippen molar-refractivity contribution in [3.63, 3.8) is 0 Å². The zero-order chi connectivity index (χ0) is 13.8. The Hall–Kier alpha value is -1.32. The molecule has 0 aromatic carbocycles. The maximum atomic E-state index is 11.8. The van der Waals surface area contributed by atoms with Gasteiger partial charge in [-0.05, 0) is 57.3 Å². The van der Waals surface area contributed by atoms with Crippen molar-refractivity contribution in [2.75, 3.05) is 0 Å². The van der Waals surface area contributed by atoms with E-state index < -0.39 is 23.0 Å². The second-order valence-corrected chi connectivity index (χ2v) is 6.88. The Morgan fingerprint density at radius 3 is 2.26 bits per heavy atom. The normalized spacial score (nSPS) is 43.0. The Morgan fingerprint density at radius 2 is 1.79 bits per heavy atom. The van der Waals surface area contributed by atoms with Crippen molar-refractivity contribution in [2.24, 2.45) is 17.3 Å². The summed E-state index contributed by atoms with van der Waals surface area (Å²) in [6.45, 7) is 5.22. The summed E-state index contributed by atoms with van der Waals surface area (Å²) in [5, 5.41) is 11.5. The lowest BCUT2D eigenvalue weighted by Crippen LogP contribution is -2.62. The fraction of sp³-hybridized carbons (Fsp3) is 0.733. The monoisotopic (exact) mass is 263 g/mol. The number of carbonyl (C=O) groups is 2. The van der Waals surface area contributed by atoms with Crippen LogP contribution >= 0.6 is 0 Å². The third-order valence-electron chi connectivity index (χ3n) is 5.10. The molecule has 0 aliphatic heterocycles. The van der Waals surface area contributed by atoms with E-state index in [0.29, 0.717) is 36.7 Å². The summed E-state index contributed by atoms with van der Waals surface area (Å²) in [5.41, 5.74) is -0.974. The Balaban J connectivity index is 1.89. The van der Waals surface area contributed by atoms with Crippen LogP contribution in [-0.4, -0.2) is 17.5 Å². The Labute approximate surface area is 112 Å². The average Bonchev–Trinajstić information content (AvgIpc) is 2.25. The number of ether oxygens (including phenoxy) is 1. The van der Waals surface area contributed by atoms with Crippen molar-refractivity contribution in [2.45, 2.75) is 51.0 Å². The van der Waals surface area contributed by atoms with E-state index in [1.54, 1.807) is 6.92 Å². The predicted octanol–water partition coefficient (Wildman–Crippen LogP) is 1.19. The van der Waals surface area contributed by atoms with Crippen LogP contribution in [0.25, 0.3) is 0 Å². The molecule has 4 fully saturated rings. The van der Waals surface area contributed by atoms with Crippen LogP contribution in [0, 0.1) is 17.3 Å². The van der Waals surface area contributed by atoms with Gasteiger partial charge in [0.15, 0.2) is 0 Å².